The van der Waals surface area contributed by atoms with Crippen molar-refractivity contribution in [1.82, 2.24) is 8.96 Å². The quantitative estimate of drug-likeness (QED) is 0.797. The molecule has 5 nitrogen and oxygen atoms in total. The summed E-state index contributed by atoms with van der Waals surface area (Å²) in [6.45, 7) is 6.38. The standard InChI is InChI=1S/C17H19N3O2S/c1-4-18-17-19-15-11-13(3)7-10-16(15)20(17)23(21,22)14-8-5-12(2)6-9-14/h5-11H,4H2,1-3H3,(H,18,19). The van der Waals surface area contributed by atoms with E-state index in [-0.39, 0.29) is 4.90 Å². The van der Waals surface area contributed by atoms with Gasteiger partial charge in [0.25, 0.3) is 10.0 Å². The minimum absolute atomic E-state index is 0.252. The molecule has 0 saturated heterocycles. The Morgan fingerprint density at radius 1 is 1.04 bits per heavy atom. The molecule has 0 atom stereocenters. The van der Waals surface area contributed by atoms with Crippen molar-refractivity contribution in [2.24, 2.45) is 0 Å². The van der Waals surface area contributed by atoms with Crippen LogP contribution in [0.5, 0.6) is 0 Å². The number of nitrogens with zero attached hydrogens (tertiary/aromatic N) is 2. The fourth-order valence-electron chi connectivity index (χ4n) is 2.50. The maximum Gasteiger partial charge on any atom is 0.271 e. The average Bonchev–Trinajstić information content (AvgIpc) is 2.85. The minimum Gasteiger partial charge on any atom is -0.355 e. The van der Waals surface area contributed by atoms with Crippen molar-refractivity contribution < 1.29 is 8.42 Å². The Balaban J connectivity index is 2.28. The third kappa shape index (κ3) is 2.70. The molecule has 0 unspecified atom stereocenters. The fourth-order valence-corrected chi connectivity index (χ4v) is 3.93. The summed E-state index contributed by atoms with van der Waals surface area (Å²) in [4.78, 5) is 4.70. The molecule has 2 aromatic carbocycles. The molecular formula is C17H19N3O2S. The first-order valence-electron chi connectivity index (χ1n) is 7.48. The van der Waals surface area contributed by atoms with E-state index in [4.69, 9.17) is 0 Å². The summed E-state index contributed by atoms with van der Waals surface area (Å²) in [5.41, 5.74) is 3.30. The molecule has 3 aromatic rings. The van der Waals surface area contributed by atoms with Gasteiger partial charge in [-0.25, -0.2) is 17.4 Å². The van der Waals surface area contributed by atoms with E-state index in [9.17, 15) is 8.42 Å². The fraction of sp³-hybridized carbons (Fsp3) is 0.235. The predicted molar refractivity (Wildman–Crippen MR) is 92.4 cm³/mol. The van der Waals surface area contributed by atoms with Crippen LogP contribution in [0.3, 0.4) is 0 Å². The third-order valence-corrected chi connectivity index (χ3v) is 5.38. The van der Waals surface area contributed by atoms with Gasteiger partial charge in [0.2, 0.25) is 5.95 Å². The Labute approximate surface area is 136 Å². The van der Waals surface area contributed by atoms with Gasteiger partial charge >= 0.3 is 0 Å². The summed E-state index contributed by atoms with van der Waals surface area (Å²) in [6, 6.07) is 12.4. The van der Waals surface area contributed by atoms with E-state index in [0.717, 1.165) is 11.1 Å². The molecule has 1 heterocycles. The lowest BCUT2D eigenvalue weighted by Crippen LogP contribution is -2.16. The summed E-state index contributed by atoms with van der Waals surface area (Å²) < 4.78 is 27.5. The van der Waals surface area contributed by atoms with Gasteiger partial charge in [-0.05, 0) is 50.6 Å². The summed E-state index contributed by atoms with van der Waals surface area (Å²) in [7, 11) is -3.71. The third-order valence-electron chi connectivity index (χ3n) is 3.66. The molecule has 0 aliphatic heterocycles. The van der Waals surface area contributed by atoms with Crippen LogP contribution in [0.25, 0.3) is 11.0 Å². The zero-order chi connectivity index (χ0) is 16.6. The van der Waals surface area contributed by atoms with E-state index in [1.54, 1.807) is 30.3 Å². The monoisotopic (exact) mass is 329 g/mol. The molecule has 0 bridgehead atoms. The number of hydrogen-bond donors (Lipinski definition) is 1. The smallest absolute Gasteiger partial charge is 0.271 e. The van der Waals surface area contributed by atoms with Gasteiger partial charge in [-0.3, -0.25) is 0 Å². The molecule has 0 fully saturated rings. The number of benzene rings is 2. The van der Waals surface area contributed by atoms with Crippen molar-refractivity contribution in [3.63, 3.8) is 0 Å². The molecule has 23 heavy (non-hydrogen) atoms. The van der Waals surface area contributed by atoms with E-state index >= 15 is 0 Å². The topological polar surface area (TPSA) is 64.0 Å². The molecular weight excluding hydrogens is 310 g/mol. The molecule has 0 spiro atoms. The Bertz CT molecular complexity index is 957. The first kappa shape index (κ1) is 15.6. The number of rotatable bonds is 4. The highest BCUT2D eigenvalue weighted by molar-refractivity contribution is 7.90. The first-order chi connectivity index (χ1) is 10.9. The average molecular weight is 329 g/mol. The largest absolute Gasteiger partial charge is 0.355 e. The zero-order valence-corrected chi connectivity index (χ0v) is 14.2. The van der Waals surface area contributed by atoms with Crippen molar-refractivity contribution in [3.05, 3.63) is 53.6 Å². The molecule has 1 aromatic heterocycles. The van der Waals surface area contributed by atoms with E-state index < -0.39 is 10.0 Å². The van der Waals surface area contributed by atoms with Crippen molar-refractivity contribution in [2.75, 3.05) is 11.9 Å². The van der Waals surface area contributed by atoms with Crippen LogP contribution in [-0.4, -0.2) is 23.9 Å². The van der Waals surface area contributed by atoms with Crippen LogP contribution in [0.15, 0.2) is 47.4 Å². The highest BCUT2D eigenvalue weighted by Crippen LogP contribution is 2.26. The lowest BCUT2D eigenvalue weighted by Gasteiger charge is -2.11. The highest BCUT2D eigenvalue weighted by atomic mass is 32.2. The molecule has 3 rings (SSSR count). The lowest BCUT2D eigenvalue weighted by molar-refractivity contribution is 0.589. The molecule has 6 heteroatoms. The predicted octanol–water partition coefficient (Wildman–Crippen LogP) is 3.32. The first-order valence-corrected chi connectivity index (χ1v) is 8.92. The SMILES string of the molecule is CCNc1nc2cc(C)ccc2n1S(=O)(=O)c1ccc(C)cc1. The molecule has 1 N–H and O–H groups in total. The summed E-state index contributed by atoms with van der Waals surface area (Å²) in [6.07, 6.45) is 0. The summed E-state index contributed by atoms with van der Waals surface area (Å²) in [5, 5.41) is 3.04. The normalized spacial score (nSPS) is 11.8. The van der Waals surface area contributed by atoms with Crippen molar-refractivity contribution in [3.8, 4) is 0 Å². The maximum atomic E-state index is 13.1. The minimum atomic E-state index is -3.71. The Kier molecular flexibility index (Phi) is 3.85. The van der Waals surface area contributed by atoms with Crippen molar-refractivity contribution in [2.45, 2.75) is 25.7 Å². The van der Waals surface area contributed by atoms with E-state index in [1.165, 1.54) is 3.97 Å². The lowest BCUT2D eigenvalue weighted by atomic mass is 10.2. The number of hydrogen-bond acceptors (Lipinski definition) is 4. The molecule has 0 amide bonds. The van der Waals surface area contributed by atoms with Crippen LogP contribution in [0.1, 0.15) is 18.1 Å². The van der Waals surface area contributed by atoms with E-state index in [1.807, 2.05) is 32.9 Å². The Hall–Kier alpha value is -2.34. The molecule has 0 aliphatic rings. The number of aryl methyl sites for hydroxylation is 2. The summed E-state index contributed by atoms with van der Waals surface area (Å²) >= 11 is 0. The van der Waals surface area contributed by atoms with Gasteiger partial charge in [0, 0.05) is 6.54 Å². The van der Waals surface area contributed by atoms with Crippen molar-refractivity contribution >= 4 is 27.0 Å². The molecule has 120 valence electrons. The van der Waals surface area contributed by atoms with E-state index in [0.29, 0.717) is 23.5 Å². The van der Waals surface area contributed by atoms with Gasteiger partial charge in [0.1, 0.15) is 0 Å². The second kappa shape index (κ2) is 5.70. The van der Waals surface area contributed by atoms with Crippen LogP contribution in [0.2, 0.25) is 0 Å². The second-order valence-electron chi connectivity index (χ2n) is 5.54. The highest BCUT2D eigenvalue weighted by Gasteiger charge is 2.24. The number of anilines is 1. The summed E-state index contributed by atoms with van der Waals surface area (Å²) in [5.74, 6) is 0.341. The number of fused-ring (bicyclic) bond motifs is 1. The number of aromatic nitrogens is 2. The van der Waals surface area contributed by atoms with Crippen LogP contribution >= 0.6 is 0 Å². The van der Waals surface area contributed by atoms with Gasteiger partial charge in [-0.2, -0.15) is 0 Å². The van der Waals surface area contributed by atoms with Crippen LogP contribution in [0.4, 0.5) is 5.95 Å². The molecule has 0 aliphatic carbocycles. The van der Waals surface area contributed by atoms with Crippen molar-refractivity contribution in [1.29, 1.82) is 0 Å². The van der Waals surface area contributed by atoms with Crippen LogP contribution in [-0.2, 0) is 10.0 Å². The van der Waals surface area contributed by atoms with E-state index in [2.05, 4.69) is 10.3 Å². The van der Waals surface area contributed by atoms with Gasteiger partial charge in [0.15, 0.2) is 0 Å². The maximum absolute atomic E-state index is 13.1. The molecule has 0 radical (unpaired) electrons. The van der Waals surface area contributed by atoms with Crippen LogP contribution in [0, 0.1) is 13.8 Å². The van der Waals surface area contributed by atoms with Gasteiger partial charge in [-0.15, -0.1) is 0 Å². The Morgan fingerprint density at radius 3 is 2.35 bits per heavy atom. The zero-order valence-electron chi connectivity index (χ0n) is 13.4. The van der Waals surface area contributed by atoms with Gasteiger partial charge < -0.3 is 5.32 Å². The van der Waals surface area contributed by atoms with Crippen LogP contribution < -0.4 is 5.32 Å². The molecule has 0 saturated carbocycles. The number of nitrogens with one attached hydrogen (secondary N) is 1. The Morgan fingerprint density at radius 2 is 1.70 bits per heavy atom. The van der Waals surface area contributed by atoms with Gasteiger partial charge in [0.05, 0.1) is 15.9 Å². The second-order valence-corrected chi connectivity index (χ2v) is 7.33. The van der Waals surface area contributed by atoms with Gasteiger partial charge in [-0.1, -0.05) is 23.8 Å². The number of imidazole rings is 1.